The van der Waals surface area contributed by atoms with E-state index in [0.29, 0.717) is 5.57 Å². The normalized spacial score (nSPS) is 12.5. The second-order valence-electron chi connectivity index (χ2n) is 3.81. The van der Waals surface area contributed by atoms with Gasteiger partial charge in [0.05, 0.1) is 0 Å². The van der Waals surface area contributed by atoms with Crippen molar-refractivity contribution in [1.29, 1.82) is 0 Å². The van der Waals surface area contributed by atoms with Crippen LogP contribution < -0.4 is 0 Å². The van der Waals surface area contributed by atoms with Crippen LogP contribution in [0, 0.1) is 0 Å². The molecule has 1 unspecified atom stereocenters. The number of ketones is 1. The molecule has 0 aromatic carbocycles. The Bertz CT molecular complexity index is 368. The van der Waals surface area contributed by atoms with E-state index in [2.05, 4.69) is 6.58 Å². The first-order valence-electron chi connectivity index (χ1n) is 5.52. The Morgan fingerprint density at radius 3 is 2.39 bits per heavy atom. The monoisotopic (exact) mass is 254 g/mol. The van der Waals surface area contributed by atoms with Gasteiger partial charge in [0, 0.05) is 5.57 Å². The zero-order valence-corrected chi connectivity index (χ0v) is 10.9. The maximum atomic E-state index is 11.4. The molecule has 0 aliphatic heterocycles. The Balaban J connectivity index is 4.30. The fourth-order valence-corrected chi connectivity index (χ4v) is 1.15. The van der Waals surface area contributed by atoms with Crippen LogP contribution >= 0.6 is 0 Å². The Hall–Kier alpha value is -1.91. The minimum atomic E-state index is -0.612. The summed E-state index contributed by atoms with van der Waals surface area (Å²) >= 11 is 0. The second-order valence-corrected chi connectivity index (χ2v) is 3.81. The number of carbonyl (C=O) groups is 3. The van der Waals surface area contributed by atoms with Gasteiger partial charge in [0.2, 0.25) is 0 Å². The Morgan fingerprint density at radius 1 is 1.28 bits per heavy atom. The van der Waals surface area contributed by atoms with Gasteiger partial charge in [0.15, 0.2) is 0 Å². The Morgan fingerprint density at radius 2 is 1.89 bits per heavy atom. The lowest BCUT2D eigenvalue weighted by Gasteiger charge is -2.09. The Labute approximate surface area is 106 Å². The maximum Gasteiger partial charge on any atom is 0.333 e. The first-order chi connectivity index (χ1) is 8.36. The van der Waals surface area contributed by atoms with Gasteiger partial charge in [0.1, 0.15) is 24.9 Å². The quantitative estimate of drug-likeness (QED) is 0.298. The summed E-state index contributed by atoms with van der Waals surface area (Å²) in [5, 5.41) is 0. The van der Waals surface area contributed by atoms with Gasteiger partial charge in [-0.1, -0.05) is 12.7 Å². The maximum absolute atomic E-state index is 11.4. The van der Waals surface area contributed by atoms with Crippen molar-refractivity contribution in [2.45, 2.75) is 33.3 Å². The number of ether oxygens (including phenoxy) is 2. The smallest absolute Gasteiger partial charge is 0.333 e. The van der Waals surface area contributed by atoms with Crippen molar-refractivity contribution >= 4 is 17.7 Å². The van der Waals surface area contributed by atoms with Gasteiger partial charge in [-0.3, -0.25) is 9.59 Å². The predicted molar refractivity (Wildman–Crippen MR) is 65.8 cm³/mol. The van der Waals surface area contributed by atoms with Gasteiger partial charge >= 0.3 is 11.9 Å². The molecule has 0 aliphatic carbocycles. The first-order valence-corrected chi connectivity index (χ1v) is 5.52. The van der Waals surface area contributed by atoms with E-state index in [0.717, 1.165) is 0 Å². The summed E-state index contributed by atoms with van der Waals surface area (Å²) in [5.74, 6) is -1.37. The summed E-state index contributed by atoms with van der Waals surface area (Å²) < 4.78 is 9.73. The summed E-state index contributed by atoms with van der Waals surface area (Å²) in [6.07, 6.45) is 2.07. The van der Waals surface area contributed by atoms with Crippen molar-refractivity contribution in [3.05, 3.63) is 24.3 Å². The van der Waals surface area contributed by atoms with E-state index in [-0.39, 0.29) is 18.8 Å². The average molecular weight is 254 g/mol. The summed E-state index contributed by atoms with van der Waals surface area (Å²) in [7, 11) is 0. The summed E-state index contributed by atoms with van der Waals surface area (Å²) in [6, 6.07) is 0. The minimum absolute atomic E-state index is 0.127. The molecule has 1 atom stereocenters. The predicted octanol–water partition coefficient (Wildman–Crippen LogP) is 1.57. The molecule has 0 amide bonds. The zero-order valence-electron chi connectivity index (χ0n) is 10.9. The number of esters is 2. The first kappa shape index (κ1) is 16.1. The average Bonchev–Trinajstić information content (AvgIpc) is 2.23. The molecule has 5 nitrogen and oxygen atoms in total. The number of hydrogen-bond acceptors (Lipinski definition) is 5. The lowest BCUT2D eigenvalue weighted by molar-refractivity contribution is -0.148. The molecule has 0 aromatic rings. The van der Waals surface area contributed by atoms with Gasteiger partial charge in [-0.25, -0.2) is 4.79 Å². The number of rotatable bonds is 7. The van der Waals surface area contributed by atoms with Crippen LogP contribution in [-0.4, -0.2) is 30.4 Å². The molecular weight excluding hydrogens is 236 g/mol. The van der Waals surface area contributed by atoms with Crippen LogP contribution in [0.25, 0.3) is 0 Å². The fraction of sp³-hybridized carbons (Fsp3) is 0.462. The van der Waals surface area contributed by atoms with E-state index >= 15 is 0 Å². The lowest BCUT2D eigenvalue weighted by Crippen LogP contribution is -2.16. The van der Waals surface area contributed by atoms with Gasteiger partial charge in [-0.05, 0) is 26.8 Å². The number of hydrogen-bond donors (Lipinski definition) is 0. The van der Waals surface area contributed by atoms with E-state index in [9.17, 15) is 14.4 Å². The molecule has 0 rings (SSSR count). The third-order valence-electron chi connectivity index (χ3n) is 1.85. The van der Waals surface area contributed by atoms with Gasteiger partial charge in [0.25, 0.3) is 0 Å². The molecule has 0 N–H and O–H groups in total. The van der Waals surface area contributed by atoms with Crippen LogP contribution in [0.2, 0.25) is 0 Å². The van der Waals surface area contributed by atoms with Crippen LogP contribution in [-0.2, 0) is 23.9 Å². The van der Waals surface area contributed by atoms with Crippen LogP contribution in [0.5, 0.6) is 0 Å². The van der Waals surface area contributed by atoms with Gasteiger partial charge in [-0.2, -0.15) is 0 Å². The van der Waals surface area contributed by atoms with Crippen molar-refractivity contribution in [2.24, 2.45) is 0 Å². The molecule has 0 saturated heterocycles. The van der Waals surface area contributed by atoms with E-state index in [1.54, 1.807) is 13.8 Å². The van der Waals surface area contributed by atoms with E-state index in [1.165, 1.54) is 19.1 Å². The van der Waals surface area contributed by atoms with Crippen molar-refractivity contribution in [2.75, 3.05) is 6.61 Å². The molecule has 0 heterocycles. The fourth-order valence-electron chi connectivity index (χ4n) is 1.15. The highest BCUT2D eigenvalue weighted by Gasteiger charge is 2.12. The topological polar surface area (TPSA) is 69.7 Å². The van der Waals surface area contributed by atoms with Gasteiger partial charge < -0.3 is 9.47 Å². The molecule has 5 heteroatoms. The molecule has 18 heavy (non-hydrogen) atoms. The summed E-state index contributed by atoms with van der Waals surface area (Å²) in [5.41, 5.74) is 0.333. The lowest BCUT2D eigenvalue weighted by atomic mass is 10.2. The van der Waals surface area contributed by atoms with Crippen LogP contribution in [0.3, 0.4) is 0 Å². The third kappa shape index (κ3) is 7.38. The van der Waals surface area contributed by atoms with Crippen LogP contribution in [0.1, 0.15) is 27.2 Å². The molecule has 0 bridgehead atoms. The molecular formula is C13H18O5. The van der Waals surface area contributed by atoms with Crippen LogP contribution in [0.15, 0.2) is 24.3 Å². The minimum Gasteiger partial charge on any atom is -0.458 e. The van der Waals surface area contributed by atoms with Crippen molar-refractivity contribution in [3.63, 3.8) is 0 Å². The van der Waals surface area contributed by atoms with Gasteiger partial charge in [-0.15, -0.1) is 0 Å². The van der Waals surface area contributed by atoms with Crippen molar-refractivity contribution < 1.29 is 23.9 Å². The molecule has 0 aliphatic rings. The largest absolute Gasteiger partial charge is 0.458 e. The van der Waals surface area contributed by atoms with Crippen molar-refractivity contribution in [1.82, 2.24) is 0 Å². The molecule has 0 spiro atoms. The van der Waals surface area contributed by atoms with E-state index in [1.807, 2.05) is 0 Å². The standard InChI is InChI=1S/C13H18O5/c1-5-6-17-13(16)9(2)7-11(4)18-12(15)8-10(3)14/h5,7,11H,1,6,8H2,2-4H3. The highest BCUT2D eigenvalue weighted by atomic mass is 16.5. The molecule has 0 fully saturated rings. The molecule has 100 valence electrons. The Kier molecular flexibility index (Phi) is 7.35. The van der Waals surface area contributed by atoms with Crippen molar-refractivity contribution in [3.8, 4) is 0 Å². The highest BCUT2D eigenvalue weighted by Crippen LogP contribution is 2.04. The second kappa shape index (κ2) is 8.22. The number of Topliss-reactive ketones (excluding diaryl/α,β-unsaturated/α-hetero) is 1. The third-order valence-corrected chi connectivity index (χ3v) is 1.85. The van der Waals surface area contributed by atoms with E-state index in [4.69, 9.17) is 9.47 Å². The molecule has 0 saturated carbocycles. The highest BCUT2D eigenvalue weighted by molar-refractivity contribution is 5.94. The van der Waals surface area contributed by atoms with E-state index < -0.39 is 18.0 Å². The zero-order chi connectivity index (χ0) is 14.1. The number of carbonyl (C=O) groups excluding carboxylic acids is 3. The summed E-state index contributed by atoms with van der Waals surface area (Å²) in [6.45, 7) is 8.01. The summed E-state index contributed by atoms with van der Waals surface area (Å²) in [4.78, 5) is 33.2. The molecule has 0 radical (unpaired) electrons. The van der Waals surface area contributed by atoms with Crippen LogP contribution in [0.4, 0.5) is 0 Å². The molecule has 0 aromatic heterocycles. The SMILES string of the molecule is C=CCOC(=O)C(C)=CC(C)OC(=O)CC(C)=O.